The first-order chi connectivity index (χ1) is 28.7. The van der Waals surface area contributed by atoms with Gasteiger partial charge in [0.2, 0.25) is 0 Å². The first-order valence-corrected chi connectivity index (χ1v) is 19.4. The van der Waals surface area contributed by atoms with E-state index in [4.69, 9.17) is 23.8 Å². The molecule has 0 fully saturated rings. The van der Waals surface area contributed by atoms with E-state index in [1.807, 2.05) is 66.7 Å². The van der Waals surface area contributed by atoms with Crippen LogP contribution in [0.2, 0.25) is 0 Å². The third-order valence-corrected chi connectivity index (χ3v) is 11.3. The van der Waals surface area contributed by atoms with E-state index in [9.17, 15) is 0 Å². The smallest absolute Gasteiger partial charge is 0.167 e. The molecule has 0 N–H and O–H groups in total. The van der Waals surface area contributed by atoms with Gasteiger partial charge in [-0.1, -0.05) is 146 Å². The van der Waals surface area contributed by atoms with Gasteiger partial charge in [-0.15, -0.1) is 0 Å². The fourth-order valence-corrected chi connectivity index (χ4v) is 8.52. The molecule has 58 heavy (non-hydrogen) atoms. The maximum atomic E-state index is 6.49. The summed E-state index contributed by atoms with van der Waals surface area (Å²) in [5.74, 6) is 1.72. The number of nitrogens with zero attached hydrogens (tertiary/aromatic N) is 3. The highest BCUT2D eigenvalue weighted by Gasteiger charge is 2.19. The maximum absolute atomic E-state index is 6.49. The molecule has 0 aliphatic heterocycles. The monoisotopic (exact) mass is 741 g/mol. The van der Waals surface area contributed by atoms with Crippen LogP contribution in [0.3, 0.4) is 0 Å². The fraction of sp³-hybridized carbons (Fsp3) is 0. The molecule has 0 aliphatic rings. The summed E-state index contributed by atoms with van der Waals surface area (Å²) < 4.78 is 12.9. The van der Waals surface area contributed by atoms with Crippen LogP contribution in [0, 0.1) is 0 Å². The number of hydrogen-bond acceptors (Lipinski definition) is 5. The molecule has 12 rings (SSSR count). The molecule has 0 spiro atoms. The van der Waals surface area contributed by atoms with Crippen LogP contribution in [-0.2, 0) is 0 Å². The van der Waals surface area contributed by atoms with Crippen LogP contribution in [0.5, 0.6) is 0 Å². The Labute approximate surface area is 332 Å². The van der Waals surface area contributed by atoms with Crippen molar-refractivity contribution in [3.63, 3.8) is 0 Å². The van der Waals surface area contributed by atoms with Gasteiger partial charge in [0.25, 0.3) is 0 Å². The quantitative estimate of drug-likeness (QED) is 0.164. The van der Waals surface area contributed by atoms with E-state index >= 15 is 0 Å². The van der Waals surface area contributed by atoms with Crippen molar-refractivity contribution in [2.45, 2.75) is 0 Å². The van der Waals surface area contributed by atoms with Crippen molar-refractivity contribution in [2.24, 2.45) is 0 Å². The van der Waals surface area contributed by atoms with E-state index in [2.05, 4.69) is 121 Å². The molecule has 0 radical (unpaired) electrons. The lowest BCUT2D eigenvalue weighted by atomic mass is 9.95. The van der Waals surface area contributed by atoms with Crippen LogP contribution >= 0.6 is 0 Å². The van der Waals surface area contributed by atoms with Crippen molar-refractivity contribution in [3.8, 4) is 56.4 Å². The topological polar surface area (TPSA) is 65.0 Å². The summed E-state index contributed by atoms with van der Waals surface area (Å²) in [6, 6.07) is 65.3. The van der Waals surface area contributed by atoms with Crippen LogP contribution < -0.4 is 0 Å². The van der Waals surface area contributed by atoms with E-state index in [0.717, 1.165) is 82.8 Å². The number of fused-ring (bicyclic) bond motifs is 9. The molecule has 9 aromatic carbocycles. The largest absolute Gasteiger partial charge is 0.456 e. The predicted octanol–water partition coefficient (Wildman–Crippen LogP) is 14.3. The minimum atomic E-state index is 0.552. The summed E-state index contributed by atoms with van der Waals surface area (Å²) in [5, 5.41) is 9.19. The van der Waals surface area contributed by atoms with E-state index in [1.54, 1.807) is 0 Å². The molecule has 0 atom stereocenters. The Morgan fingerprint density at radius 1 is 0.293 bits per heavy atom. The average molecular weight is 742 g/mol. The molecular formula is C53H31N3O2. The lowest BCUT2D eigenvalue weighted by Gasteiger charge is -2.10. The van der Waals surface area contributed by atoms with Gasteiger partial charge in [0.1, 0.15) is 22.3 Å². The Morgan fingerprint density at radius 3 is 1.78 bits per heavy atom. The van der Waals surface area contributed by atoms with Crippen LogP contribution in [0.1, 0.15) is 0 Å². The number of para-hydroxylation sites is 2. The Kier molecular flexibility index (Phi) is 7.16. The summed E-state index contributed by atoms with van der Waals surface area (Å²) in [4.78, 5) is 15.3. The summed E-state index contributed by atoms with van der Waals surface area (Å²) in [6.07, 6.45) is 0. The molecule has 5 heteroatoms. The van der Waals surface area contributed by atoms with E-state index in [0.29, 0.717) is 17.5 Å². The molecule has 12 aromatic rings. The predicted molar refractivity (Wildman–Crippen MR) is 237 cm³/mol. The SMILES string of the molecule is c1ccc(-c2nc(-c3cccc(-c4cccc5oc6ccc(-c7ccc8ccc9ccccc9c8c7)cc6c45)c3)nc(-c3cccc4c3oc3ccccc34)n2)cc1. The standard InChI is InChI=1S/C53H31N3O2/c1-2-12-34(13-3-1)51-54-52(56-53(55-51)43-20-9-19-42-41-17-6-7-21-46(41)58-50(42)43)38-15-8-14-37(29-38)40-18-10-22-48-49(40)45-31-36(27-28-47(45)57-48)35-26-25-33-24-23-32-11-4-5-16-39(32)44(33)30-35/h1-31H. The van der Waals surface area contributed by atoms with Crippen molar-refractivity contribution in [1.29, 1.82) is 0 Å². The van der Waals surface area contributed by atoms with Gasteiger partial charge < -0.3 is 8.83 Å². The number of rotatable bonds is 5. The van der Waals surface area contributed by atoms with Crippen molar-refractivity contribution < 1.29 is 8.83 Å². The molecule has 0 saturated carbocycles. The first kappa shape index (κ1) is 32.4. The Bertz CT molecular complexity index is 3580. The van der Waals surface area contributed by atoms with Gasteiger partial charge in [0.05, 0.1) is 5.56 Å². The van der Waals surface area contributed by atoms with Crippen LogP contribution in [0.15, 0.2) is 197 Å². The molecule has 5 nitrogen and oxygen atoms in total. The molecule has 0 bridgehead atoms. The van der Waals surface area contributed by atoms with Gasteiger partial charge in [-0.05, 0) is 86.3 Å². The third-order valence-electron chi connectivity index (χ3n) is 11.3. The van der Waals surface area contributed by atoms with Gasteiger partial charge >= 0.3 is 0 Å². The van der Waals surface area contributed by atoms with E-state index in [-0.39, 0.29) is 0 Å². The molecule has 270 valence electrons. The second-order valence-corrected chi connectivity index (χ2v) is 14.7. The second-order valence-electron chi connectivity index (χ2n) is 14.7. The minimum absolute atomic E-state index is 0.552. The third kappa shape index (κ3) is 5.21. The zero-order valence-electron chi connectivity index (χ0n) is 31.1. The lowest BCUT2D eigenvalue weighted by Crippen LogP contribution is -2.00. The van der Waals surface area contributed by atoms with Crippen molar-refractivity contribution in [1.82, 2.24) is 15.0 Å². The number of hydrogen-bond donors (Lipinski definition) is 0. The first-order valence-electron chi connectivity index (χ1n) is 19.4. The number of benzene rings is 9. The molecular weight excluding hydrogens is 711 g/mol. The van der Waals surface area contributed by atoms with Gasteiger partial charge in [0.15, 0.2) is 17.5 Å². The molecule has 0 amide bonds. The zero-order chi connectivity index (χ0) is 38.2. The molecule has 0 unspecified atom stereocenters. The average Bonchev–Trinajstić information content (AvgIpc) is 3.87. The maximum Gasteiger partial charge on any atom is 0.167 e. The summed E-state index contributed by atoms with van der Waals surface area (Å²) in [6.45, 7) is 0. The van der Waals surface area contributed by atoms with Crippen molar-refractivity contribution in [2.75, 3.05) is 0 Å². The lowest BCUT2D eigenvalue weighted by molar-refractivity contribution is 0.669. The molecule has 3 aromatic heterocycles. The van der Waals surface area contributed by atoms with Crippen molar-refractivity contribution >= 4 is 65.4 Å². The summed E-state index contributed by atoms with van der Waals surface area (Å²) >= 11 is 0. The highest BCUT2D eigenvalue weighted by Crippen LogP contribution is 2.41. The highest BCUT2D eigenvalue weighted by atomic mass is 16.3. The van der Waals surface area contributed by atoms with Crippen LogP contribution in [0.25, 0.3) is 122 Å². The molecule has 3 heterocycles. The van der Waals surface area contributed by atoms with Gasteiger partial charge in [-0.2, -0.15) is 0 Å². The summed E-state index contributed by atoms with van der Waals surface area (Å²) in [7, 11) is 0. The molecule has 0 aliphatic carbocycles. The normalized spacial score (nSPS) is 11.8. The van der Waals surface area contributed by atoms with E-state index in [1.165, 1.54) is 21.5 Å². The zero-order valence-corrected chi connectivity index (χ0v) is 31.1. The highest BCUT2D eigenvalue weighted by molar-refractivity contribution is 6.14. The van der Waals surface area contributed by atoms with E-state index < -0.39 is 0 Å². The van der Waals surface area contributed by atoms with Gasteiger partial charge in [-0.3, -0.25) is 0 Å². The molecule has 0 saturated heterocycles. The fourth-order valence-electron chi connectivity index (χ4n) is 8.52. The number of furan rings is 2. The van der Waals surface area contributed by atoms with Gasteiger partial charge in [0, 0.05) is 32.7 Å². The Hall–Kier alpha value is -7.89. The Balaban J connectivity index is 1.01. The second kappa shape index (κ2) is 12.8. The van der Waals surface area contributed by atoms with Crippen LogP contribution in [-0.4, -0.2) is 15.0 Å². The summed E-state index contributed by atoms with van der Waals surface area (Å²) in [5.41, 5.74) is 10.3. The minimum Gasteiger partial charge on any atom is -0.456 e. The number of aromatic nitrogens is 3. The van der Waals surface area contributed by atoms with Crippen molar-refractivity contribution in [3.05, 3.63) is 188 Å². The van der Waals surface area contributed by atoms with Crippen LogP contribution in [0.4, 0.5) is 0 Å². The Morgan fingerprint density at radius 2 is 0.879 bits per heavy atom. The van der Waals surface area contributed by atoms with Gasteiger partial charge in [-0.25, -0.2) is 15.0 Å².